The Morgan fingerprint density at radius 1 is 0.950 bits per heavy atom. The summed E-state index contributed by atoms with van der Waals surface area (Å²) in [5.41, 5.74) is 0. The molecule has 0 aromatic carbocycles. The fraction of sp³-hybridized carbons (Fsp3) is 1.00. The summed E-state index contributed by atoms with van der Waals surface area (Å²) in [5.74, 6) is 0.930. The molecule has 1 unspecified atom stereocenters. The number of likely N-dealkylation sites (N-methyl/N-ethyl adjacent to an activating group) is 1. The van der Waals surface area contributed by atoms with Crippen molar-refractivity contribution in [2.24, 2.45) is 5.92 Å². The van der Waals surface area contributed by atoms with Crippen molar-refractivity contribution in [2.75, 3.05) is 45.8 Å². The Balaban J connectivity index is 1.80. The van der Waals surface area contributed by atoms with Gasteiger partial charge < -0.3 is 10.2 Å². The van der Waals surface area contributed by atoms with Crippen molar-refractivity contribution in [2.45, 2.75) is 58.4 Å². The number of nitrogens with one attached hydrogen (secondary N) is 1. The van der Waals surface area contributed by atoms with Gasteiger partial charge in [0.1, 0.15) is 0 Å². The maximum Gasteiger partial charge on any atom is 0.0223 e. The molecule has 2 fully saturated rings. The summed E-state index contributed by atoms with van der Waals surface area (Å²) >= 11 is 0. The first-order valence-electron chi connectivity index (χ1n) is 9.01. The summed E-state index contributed by atoms with van der Waals surface area (Å²) in [4.78, 5) is 5.28. The molecule has 2 rings (SSSR count). The molecule has 0 radical (unpaired) electrons. The second kappa shape index (κ2) is 9.01. The first kappa shape index (κ1) is 16.3. The van der Waals surface area contributed by atoms with Crippen molar-refractivity contribution < 1.29 is 0 Å². The van der Waals surface area contributed by atoms with E-state index in [-0.39, 0.29) is 0 Å². The monoisotopic (exact) mass is 281 g/mol. The van der Waals surface area contributed by atoms with Crippen LogP contribution in [0.15, 0.2) is 0 Å². The lowest BCUT2D eigenvalue weighted by molar-refractivity contribution is 0.111. The zero-order valence-electron chi connectivity index (χ0n) is 13.7. The Bertz CT molecular complexity index is 243. The van der Waals surface area contributed by atoms with Gasteiger partial charge in [0.15, 0.2) is 0 Å². The van der Waals surface area contributed by atoms with Gasteiger partial charge in [0.05, 0.1) is 0 Å². The molecular weight excluding hydrogens is 246 g/mol. The van der Waals surface area contributed by atoms with Crippen LogP contribution in [-0.4, -0.2) is 61.7 Å². The molecule has 1 saturated carbocycles. The molecule has 1 heterocycles. The summed E-state index contributed by atoms with van der Waals surface area (Å²) in [5, 5.41) is 3.86. The Hall–Kier alpha value is -0.120. The van der Waals surface area contributed by atoms with Crippen molar-refractivity contribution >= 4 is 0 Å². The van der Waals surface area contributed by atoms with Gasteiger partial charge in [-0.05, 0) is 38.3 Å². The molecule has 3 nitrogen and oxygen atoms in total. The fourth-order valence-corrected chi connectivity index (χ4v) is 3.81. The maximum absolute atomic E-state index is 3.86. The SMILES string of the molecule is CCCNC(CN1CCN(CC)CC1)C1CCCCC1. The lowest BCUT2D eigenvalue weighted by Gasteiger charge is -2.39. The van der Waals surface area contributed by atoms with Crippen LogP contribution in [0.5, 0.6) is 0 Å². The molecule has 3 heteroatoms. The van der Waals surface area contributed by atoms with Gasteiger partial charge in [0.2, 0.25) is 0 Å². The van der Waals surface area contributed by atoms with Crippen LogP contribution in [0.3, 0.4) is 0 Å². The van der Waals surface area contributed by atoms with Gasteiger partial charge in [-0.2, -0.15) is 0 Å². The van der Waals surface area contributed by atoms with Crippen molar-refractivity contribution in [1.82, 2.24) is 15.1 Å². The fourth-order valence-electron chi connectivity index (χ4n) is 3.81. The van der Waals surface area contributed by atoms with E-state index >= 15 is 0 Å². The highest BCUT2D eigenvalue weighted by Gasteiger charge is 2.26. The van der Waals surface area contributed by atoms with Crippen molar-refractivity contribution in [3.05, 3.63) is 0 Å². The summed E-state index contributed by atoms with van der Waals surface area (Å²) < 4.78 is 0. The molecule has 20 heavy (non-hydrogen) atoms. The zero-order valence-corrected chi connectivity index (χ0v) is 13.7. The lowest BCUT2D eigenvalue weighted by Crippen LogP contribution is -2.52. The number of rotatable bonds is 7. The molecule has 0 spiro atoms. The van der Waals surface area contributed by atoms with Crippen LogP contribution in [0.1, 0.15) is 52.4 Å². The predicted octanol–water partition coefficient (Wildman–Crippen LogP) is 2.57. The van der Waals surface area contributed by atoms with Crippen LogP contribution in [0, 0.1) is 5.92 Å². The molecule has 1 saturated heterocycles. The lowest BCUT2D eigenvalue weighted by atomic mass is 9.83. The van der Waals surface area contributed by atoms with Gasteiger partial charge in [0, 0.05) is 38.8 Å². The van der Waals surface area contributed by atoms with E-state index in [1.54, 1.807) is 0 Å². The largest absolute Gasteiger partial charge is 0.312 e. The normalized spacial score (nSPS) is 24.9. The van der Waals surface area contributed by atoms with Crippen LogP contribution >= 0.6 is 0 Å². The minimum atomic E-state index is 0.739. The summed E-state index contributed by atoms with van der Waals surface area (Å²) in [6.45, 7) is 13.3. The van der Waals surface area contributed by atoms with Crippen molar-refractivity contribution in [3.8, 4) is 0 Å². The van der Waals surface area contributed by atoms with Gasteiger partial charge >= 0.3 is 0 Å². The van der Waals surface area contributed by atoms with Crippen LogP contribution < -0.4 is 5.32 Å². The number of piperazine rings is 1. The van der Waals surface area contributed by atoms with Gasteiger partial charge in [-0.15, -0.1) is 0 Å². The molecular formula is C17H35N3. The topological polar surface area (TPSA) is 18.5 Å². The third kappa shape index (κ3) is 5.01. The average molecular weight is 281 g/mol. The highest BCUT2D eigenvalue weighted by atomic mass is 15.3. The van der Waals surface area contributed by atoms with E-state index in [1.807, 2.05) is 0 Å². The highest BCUT2D eigenvalue weighted by molar-refractivity contribution is 4.84. The summed E-state index contributed by atoms with van der Waals surface area (Å²) in [6.07, 6.45) is 8.54. The van der Waals surface area contributed by atoms with Crippen molar-refractivity contribution in [1.29, 1.82) is 0 Å². The third-order valence-corrected chi connectivity index (χ3v) is 5.24. The first-order valence-corrected chi connectivity index (χ1v) is 9.01. The smallest absolute Gasteiger partial charge is 0.0223 e. The second-order valence-corrected chi connectivity index (χ2v) is 6.69. The van der Waals surface area contributed by atoms with E-state index in [2.05, 4.69) is 29.0 Å². The quantitative estimate of drug-likeness (QED) is 0.774. The molecule has 1 aliphatic heterocycles. The molecule has 0 amide bonds. The molecule has 1 atom stereocenters. The molecule has 0 aromatic heterocycles. The highest BCUT2D eigenvalue weighted by Crippen LogP contribution is 2.27. The van der Waals surface area contributed by atoms with Crippen molar-refractivity contribution in [3.63, 3.8) is 0 Å². The molecule has 0 aromatic rings. The minimum Gasteiger partial charge on any atom is -0.312 e. The Labute approximate surface area is 126 Å². The minimum absolute atomic E-state index is 0.739. The zero-order chi connectivity index (χ0) is 14.2. The third-order valence-electron chi connectivity index (χ3n) is 5.24. The molecule has 1 N–H and O–H groups in total. The first-order chi connectivity index (χ1) is 9.83. The van der Waals surface area contributed by atoms with E-state index < -0.39 is 0 Å². The van der Waals surface area contributed by atoms with E-state index in [4.69, 9.17) is 0 Å². The molecule has 118 valence electrons. The standard InChI is InChI=1S/C17H35N3/c1-3-10-18-17(16-8-6-5-7-9-16)15-20-13-11-19(4-2)12-14-20/h16-18H,3-15H2,1-2H3. The summed E-state index contributed by atoms with van der Waals surface area (Å²) in [7, 11) is 0. The van der Waals surface area contributed by atoms with E-state index in [9.17, 15) is 0 Å². The van der Waals surface area contributed by atoms with Crippen LogP contribution in [-0.2, 0) is 0 Å². The van der Waals surface area contributed by atoms with E-state index in [0.29, 0.717) is 0 Å². The Morgan fingerprint density at radius 3 is 2.20 bits per heavy atom. The Morgan fingerprint density at radius 2 is 1.60 bits per heavy atom. The van der Waals surface area contributed by atoms with Crippen LogP contribution in [0.4, 0.5) is 0 Å². The molecule has 1 aliphatic carbocycles. The Kier molecular flexibility index (Phi) is 7.32. The van der Waals surface area contributed by atoms with Gasteiger partial charge in [-0.3, -0.25) is 4.90 Å². The average Bonchev–Trinajstić information content (AvgIpc) is 2.53. The van der Waals surface area contributed by atoms with Gasteiger partial charge in [0.25, 0.3) is 0 Å². The predicted molar refractivity (Wildman–Crippen MR) is 87.2 cm³/mol. The number of hydrogen-bond acceptors (Lipinski definition) is 3. The maximum atomic E-state index is 3.86. The van der Waals surface area contributed by atoms with Gasteiger partial charge in [-0.25, -0.2) is 0 Å². The van der Waals surface area contributed by atoms with Crippen LogP contribution in [0.25, 0.3) is 0 Å². The number of nitrogens with zero attached hydrogens (tertiary/aromatic N) is 2. The van der Waals surface area contributed by atoms with Gasteiger partial charge in [-0.1, -0.05) is 33.1 Å². The van der Waals surface area contributed by atoms with E-state index in [1.165, 1.54) is 84.3 Å². The summed E-state index contributed by atoms with van der Waals surface area (Å²) in [6, 6.07) is 0.739. The second-order valence-electron chi connectivity index (χ2n) is 6.69. The molecule has 0 bridgehead atoms. The van der Waals surface area contributed by atoms with Crippen LogP contribution in [0.2, 0.25) is 0 Å². The van der Waals surface area contributed by atoms with E-state index in [0.717, 1.165) is 12.0 Å². The molecule has 2 aliphatic rings. The number of hydrogen-bond donors (Lipinski definition) is 1.